The molecule has 0 saturated carbocycles. The molecular formula is C20H31N5O2. The lowest BCUT2D eigenvalue weighted by atomic mass is 9.95. The van der Waals surface area contributed by atoms with E-state index in [-0.39, 0.29) is 11.8 Å². The van der Waals surface area contributed by atoms with E-state index in [1.54, 1.807) is 4.68 Å². The summed E-state index contributed by atoms with van der Waals surface area (Å²) in [4.78, 5) is 29.1. The summed E-state index contributed by atoms with van der Waals surface area (Å²) in [6.07, 6.45) is 8.11. The van der Waals surface area contributed by atoms with Crippen molar-refractivity contribution in [2.24, 2.45) is 5.92 Å². The van der Waals surface area contributed by atoms with Crippen LogP contribution in [-0.2, 0) is 16.1 Å². The van der Waals surface area contributed by atoms with E-state index in [0.717, 1.165) is 64.0 Å². The molecule has 4 heterocycles. The van der Waals surface area contributed by atoms with Gasteiger partial charge in [0.2, 0.25) is 11.8 Å². The minimum Gasteiger partial charge on any atom is -0.342 e. The van der Waals surface area contributed by atoms with Crippen molar-refractivity contribution in [3.8, 4) is 0 Å². The maximum Gasteiger partial charge on any atom is 0.244 e. The van der Waals surface area contributed by atoms with Crippen LogP contribution in [0.2, 0.25) is 0 Å². The SMILES string of the molecule is O=C(Cn1ccc(C2CCCNC2)n1)N1CCC(C(=O)N2CCCC2)CC1. The molecule has 0 aromatic carbocycles. The summed E-state index contributed by atoms with van der Waals surface area (Å²) in [5.74, 6) is 0.973. The number of nitrogens with one attached hydrogen (secondary N) is 1. The number of likely N-dealkylation sites (tertiary alicyclic amines) is 2. The van der Waals surface area contributed by atoms with Crippen LogP contribution in [0, 0.1) is 5.92 Å². The lowest BCUT2D eigenvalue weighted by Crippen LogP contribution is -2.44. The molecule has 3 saturated heterocycles. The number of aromatic nitrogens is 2. The third kappa shape index (κ3) is 4.34. The maximum absolute atomic E-state index is 12.6. The zero-order valence-corrected chi connectivity index (χ0v) is 16.1. The van der Waals surface area contributed by atoms with Crippen LogP contribution in [0.1, 0.15) is 50.1 Å². The first-order chi connectivity index (χ1) is 13.2. The number of hydrogen-bond donors (Lipinski definition) is 1. The Hall–Kier alpha value is -1.89. The molecule has 1 N–H and O–H groups in total. The maximum atomic E-state index is 12.6. The quantitative estimate of drug-likeness (QED) is 0.861. The number of piperidine rings is 2. The molecule has 0 aliphatic carbocycles. The Morgan fingerprint density at radius 2 is 1.81 bits per heavy atom. The summed E-state index contributed by atoms with van der Waals surface area (Å²) >= 11 is 0. The van der Waals surface area contributed by atoms with Gasteiger partial charge in [0.05, 0.1) is 5.69 Å². The number of hydrogen-bond acceptors (Lipinski definition) is 4. The summed E-state index contributed by atoms with van der Waals surface area (Å²) in [5.41, 5.74) is 1.09. The highest BCUT2D eigenvalue weighted by atomic mass is 16.2. The van der Waals surface area contributed by atoms with Crippen molar-refractivity contribution in [3.63, 3.8) is 0 Å². The lowest BCUT2D eigenvalue weighted by Gasteiger charge is -2.33. The molecular weight excluding hydrogens is 342 g/mol. The van der Waals surface area contributed by atoms with Crippen molar-refractivity contribution < 1.29 is 9.59 Å². The van der Waals surface area contributed by atoms with Gasteiger partial charge in [0.25, 0.3) is 0 Å². The van der Waals surface area contributed by atoms with E-state index in [4.69, 9.17) is 0 Å². The molecule has 4 rings (SSSR count). The summed E-state index contributed by atoms with van der Waals surface area (Å²) in [5, 5.41) is 8.05. The van der Waals surface area contributed by atoms with Crippen LogP contribution < -0.4 is 5.32 Å². The monoisotopic (exact) mass is 373 g/mol. The first-order valence-corrected chi connectivity index (χ1v) is 10.5. The minimum absolute atomic E-state index is 0.0993. The Kier molecular flexibility index (Phi) is 5.76. The third-order valence-corrected chi connectivity index (χ3v) is 6.29. The van der Waals surface area contributed by atoms with Crippen molar-refractivity contribution in [2.75, 3.05) is 39.3 Å². The average Bonchev–Trinajstić information content (AvgIpc) is 3.40. The van der Waals surface area contributed by atoms with E-state index in [1.165, 1.54) is 6.42 Å². The molecule has 3 aliphatic heterocycles. The number of carbonyl (C=O) groups is 2. The summed E-state index contributed by atoms with van der Waals surface area (Å²) in [7, 11) is 0. The third-order valence-electron chi connectivity index (χ3n) is 6.29. The van der Waals surface area contributed by atoms with Crippen molar-refractivity contribution in [1.82, 2.24) is 24.9 Å². The van der Waals surface area contributed by atoms with Crippen LogP contribution >= 0.6 is 0 Å². The molecule has 1 unspecified atom stereocenters. The zero-order valence-electron chi connectivity index (χ0n) is 16.1. The molecule has 7 heteroatoms. The van der Waals surface area contributed by atoms with Crippen LogP contribution in [0.25, 0.3) is 0 Å². The van der Waals surface area contributed by atoms with Gasteiger partial charge in [0.1, 0.15) is 6.54 Å². The highest BCUT2D eigenvalue weighted by Gasteiger charge is 2.31. The smallest absolute Gasteiger partial charge is 0.244 e. The predicted octanol–water partition coefficient (Wildman–Crippen LogP) is 1.21. The Labute approximate surface area is 161 Å². The summed E-state index contributed by atoms with van der Waals surface area (Å²) in [6.45, 7) is 5.56. The topological polar surface area (TPSA) is 70.5 Å². The van der Waals surface area contributed by atoms with Crippen LogP contribution in [0.4, 0.5) is 0 Å². The summed E-state index contributed by atoms with van der Waals surface area (Å²) in [6, 6.07) is 2.05. The van der Waals surface area contributed by atoms with Gasteiger partial charge in [-0.3, -0.25) is 14.3 Å². The Morgan fingerprint density at radius 3 is 2.52 bits per heavy atom. The highest BCUT2D eigenvalue weighted by molar-refractivity contribution is 5.80. The van der Waals surface area contributed by atoms with Crippen LogP contribution in [0.15, 0.2) is 12.3 Å². The molecule has 1 aromatic rings. The van der Waals surface area contributed by atoms with Gasteiger partial charge in [-0.25, -0.2) is 0 Å². The van der Waals surface area contributed by atoms with Crippen molar-refractivity contribution in [1.29, 1.82) is 0 Å². The van der Waals surface area contributed by atoms with Gasteiger partial charge in [-0.05, 0) is 51.1 Å². The van der Waals surface area contributed by atoms with E-state index in [0.29, 0.717) is 31.5 Å². The molecule has 0 radical (unpaired) electrons. The van der Waals surface area contributed by atoms with E-state index < -0.39 is 0 Å². The average molecular weight is 374 g/mol. The molecule has 1 atom stereocenters. The van der Waals surface area contributed by atoms with Gasteiger partial charge in [-0.2, -0.15) is 5.10 Å². The van der Waals surface area contributed by atoms with Gasteiger partial charge in [-0.1, -0.05) is 0 Å². The van der Waals surface area contributed by atoms with Crippen molar-refractivity contribution in [3.05, 3.63) is 18.0 Å². The summed E-state index contributed by atoms with van der Waals surface area (Å²) < 4.78 is 1.77. The van der Waals surface area contributed by atoms with Crippen LogP contribution in [-0.4, -0.2) is 70.7 Å². The normalized spacial score (nSPS) is 24.4. The predicted molar refractivity (Wildman–Crippen MR) is 102 cm³/mol. The number of carbonyl (C=O) groups excluding carboxylic acids is 2. The Balaban J connectivity index is 1.26. The van der Waals surface area contributed by atoms with Crippen LogP contribution in [0.5, 0.6) is 0 Å². The Bertz CT molecular complexity index is 653. The van der Waals surface area contributed by atoms with Gasteiger partial charge in [0.15, 0.2) is 0 Å². The van der Waals surface area contributed by atoms with Crippen molar-refractivity contribution in [2.45, 2.75) is 51.0 Å². The van der Waals surface area contributed by atoms with E-state index in [2.05, 4.69) is 10.4 Å². The number of nitrogens with zero attached hydrogens (tertiary/aromatic N) is 4. The second-order valence-corrected chi connectivity index (χ2v) is 8.17. The second kappa shape index (κ2) is 8.42. The molecule has 148 valence electrons. The molecule has 1 aromatic heterocycles. The molecule has 3 aliphatic rings. The zero-order chi connectivity index (χ0) is 18.6. The molecule has 7 nitrogen and oxygen atoms in total. The second-order valence-electron chi connectivity index (χ2n) is 8.17. The number of rotatable bonds is 4. The van der Waals surface area contributed by atoms with E-state index in [9.17, 15) is 9.59 Å². The molecule has 0 spiro atoms. The molecule has 3 fully saturated rings. The minimum atomic E-state index is 0.0993. The molecule has 2 amide bonds. The standard InChI is InChI=1S/C20H31N5O2/c26-19(15-25-13-7-18(22-25)17-4-3-8-21-14-17)23-11-5-16(6-12-23)20(27)24-9-1-2-10-24/h7,13,16-17,21H,1-6,8-12,14-15H2. The van der Waals surface area contributed by atoms with Gasteiger partial charge >= 0.3 is 0 Å². The van der Waals surface area contributed by atoms with E-state index >= 15 is 0 Å². The number of amides is 2. The first-order valence-electron chi connectivity index (χ1n) is 10.5. The van der Waals surface area contributed by atoms with Crippen LogP contribution in [0.3, 0.4) is 0 Å². The first kappa shape index (κ1) is 18.5. The van der Waals surface area contributed by atoms with Gasteiger partial charge < -0.3 is 15.1 Å². The van der Waals surface area contributed by atoms with Gasteiger partial charge in [-0.15, -0.1) is 0 Å². The van der Waals surface area contributed by atoms with Gasteiger partial charge in [0, 0.05) is 50.8 Å². The van der Waals surface area contributed by atoms with E-state index in [1.807, 2.05) is 22.1 Å². The lowest BCUT2D eigenvalue weighted by molar-refractivity contribution is -0.140. The fraction of sp³-hybridized carbons (Fsp3) is 0.750. The highest BCUT2D eigenvalue weighted by Crippen LogP contribution is 2.23. The fourth-order valence-electron chi connectivity index (χ4n) is 4.60. The fourth-order valence-corrected chi connectivity index (χ4v) is 4.60. The van der Waals surface area contributed by atoms with Crippen molar-refractivity contribution >= 4 is 11.8 Å². The molecule has 0 bridgehead atoms. The molecule has 27 heavy (non-hydrogen) atoms. The largest absolute Gasteiger partial charge is 0.342 e. The Morgan fingerprint density at radius 1 is 1.04 bits per heavy atom.